The van der Waals surface area contributed by atoms with Gasteiger partial charge >= 0.3 is 0 Å². The van der Waals surface area contributed by atoms with Gasteiger partial charge in [0.25, 0.3) is 15.9 Å². The minimum absolute atomic E-state index is 0.0801. The van der Waals surface area contributed by atoms with Gasteiger partial charge in [-0.1, -0.05) is 32.0 Å². The lowest BCUT2D eigenvalue weighted by Crippen LogP contribution is -2.20. The molecule has 0 radical (unpaired) electrons. The smallest absolute Gasteiger partial charge is 0.262 e. The molecule has 3 rings (SSSR count). The lowest BCUT2D eigenvalue weighted by atomic mass is 10.0. The van der Waals surface area contributed by atoms with E-state index in [0.717, 1.165) is 5.56 Å². The predicted octanol–water partition coefficient (Wildman–Crippen LogP) is 5.03. The van der Waals surface area contributed by atoms with E-state index in [2.05, 4.69) is 23.9 Å². The van der Waals surface area contributed by atoms with E-state index < -0.39 is 10.0 Å². The molecule has 1 amide bonds. The molecule has 3 aromatic rings. The van der Waals surface area contributed by atoms with Crippen molar-refractivity contribution in [2.75, 3.05) is 23.3 Å². The van der Waals surface area contributed by atoms with Gasteiger partial charge in [0.2, 0.25) is 0 Å². The third-order valence-corrected chi connectivity index (χ3v) is 6.16. The van der Waals surface area contributed by atoms with Crippen molar-refractivity contribution >= 4 is 27.3 Å². The van der Waals surface area contributed by atoms with Crippen LogP contribution >= 0.6 is 0 Å². The van der Waals surface area contributed by atoms with Crippen LogP contribution in [0.15, 0.2) is 77.7 Å². The Labute approximate surface area is 194 Å². The SMILES string of the molecule is CCOc1ccc(NS(=O)(=O)c2ccc(NC(=O)COc3ccccc3C(C)C)cc2)cc1. The highest BCUT2D eigenvalue weighted by Gasteiger charge is 2.15. The quantitative estimate of drug-likeness (QED) is 0.435. The number of benzene rings is 3. The van der Waals surface area contributed by atoms with Crippen molar-refractivity contribution < 1.29 is 22.7 Å². The van der Waals surface area contributed by atoms with Crippen LogP contribution in [0.5, 0.6) is 11.5 Å². The first-order chi connectivity index (χ1) is 15.8. The minimum Gasteiger partial charge on any atom is -0.494 e. The van der Waals surface area contributed by atoms with Gasteiger partial charge in [-0.05, 0) is 73.0 Å². The standard InChI is InChI=1S/C25H28N2O5S/c1-4-31-21-13-9-20(10-14-21)27-33(29,30)22-15-11-19(12-16-22)26-25(28)17-32-24-8-6-5-7-23(24)18(2)3/h5-16,18,27H,4,17H2,1-3H3,(H,26,28). The maximum atomic E-state index is 12.6. The van der Waals surface area contributed by atoms with Crippen molar-refractivity contribution in [1.29, 1.82) is 0 Å². The van der Waals surface area contributed by atoms with Gasteiger partial charge in [-0.15, -0.1) is 0 Å². The van der Waals surface area contributed by atoms with E-state index in [1.165, 1.54) is 24.3 Å². The van der Waals surface area contributed by atoms with Gasteiger partial charge in [0.05, 0.1) is 11.5 Å². The van der Waals surface area contributed by atoms with Gasteiger partial charge in [0, 0.05) is 11.4 Å². The Balaban J connectivity index is 1.58. The summed E-state index contributed by atoms with van der Waals surface area (Å²) >= 11 is 0. The Kier molecular flexibility index (Phi) is 7.95. The molecule has 0 heterocycles. The van der Waals surface area contributed by atoms with Gasteiger partial charge in [-0.25, -0.2) is 8.42 Å². The maximum Gasteiger partial charge on any atom is 0.262 e. The molecule has 8 heteroatoms. The van der Waals surface area contributed by atoms with E-state index in [9.17, 15) is 13.2 Å². The third-order valence-electron chi connectivity index (χ3n) is 4.77. The number of hydrogen-bond donors (Lipinski definition) is 2. The minimum atomic E-state index is -3.77. The Hall–Kier alpha value is -3.52. The van der Waals surface area contributed by atoms with Crippen LogP contribution in [0.2, 0.25) is 0 Å². The van der Waals surface area contributed by atoms with E-state index in [-0.39, 0.29) is 23.3 Å². The number of hydrogen-bond acceptors (Lipinski definition) is 5. The third kappa shape index (κ3) is 6.73. The second-order valence-corrected chi connectivity index (χ2v) is 9.30. The average Bonchev–Trinajstić information content (AvgIpc) is 2.79. The summed E-state index contributed by atoms with van der Waals surface area (Å²) in [6.07, 6.45) is 0. The van der Waals surface area contributed by atoms with E-state index in [4.69, 9.17) is 9.47 Å². The summed E-state index contributed by atoms with van der Waals surface area (Å²) in [6, 6.07) is 20.2. The van der Waals surface area contributed by atoms with Crippen LogP contribution in [-0.2, 0) is 14.8 Å². The van der Waals surface area contributed by atoms with E-state index in [1.807, 2.05) is 31.2 Å². The fourth-order valence-corrected chi connectivity index (χ4v) is 4.21. The van der Waals surface area contributed by atoms with Crippen LogP contribution in [-0.4, -0.2) is 27.5 Å². The molecule has 0 saturated heterocycles. The van der Waals surface area contributed by atoms with Crippen LogP contribution < -0.4 is 19.5 Å². The van der Waals surface area contributed by atoms with Crippen molar-refractivity contribution in [2.24, 2.45) is 0 Å². The molecule has 0 saturated carbocycles. The van der Waals surface area contributed by atoms with Crippen LogP contribution in [0.25, 0.3) is 0 Å². The summed E-state index contributed by atoms with van der Waals surface area (Å²) < 4.78 is 38.8. The highest BCUT2D eigenvalue weighted by Crippen LogP contribution is 2.26. The fraction of sp³-hybridized carbons (Fsp3) is 0.240. The van der Waals surface area contributed by atoms with Crippen LogP contribution in [0, 0.1) is 0 Å². The maximum absolute atomic E-state index is 12.6. The van der Waals surface area contributed by atoms with Gasteiger partial charge in [0.15, 0.2) is 6.61 Å². The molecule has 0 unspecified atom stereocenters. The highest BCUT2D eigenvalue weighted by molar-refractivity contribution is 7.92. The fourth-order valence-electron chi connectivity index (χ4n) is 3.15. The number of nitrogens with one attached hydrogen (secondary N) is 2. The summed E-state index contributed by atoms with van der Waals surface area (Å²) in [7, 11) is -3.77. The van der Waals surface area contributed by atoms with Crippen molar-refractivity contribution in [3.05, 3.63) is 78.4 Å². The summed E-state index contributed by atoms with van der Waals surface area (Å²) in [4.78, 5) is 12.4. The molecular weight excluding hydrogens is 440 g/mol. The molecule has 0 atom stereocenters. The number of carbonyl (C=O) groups is 1. The topological polar surface area (TPSA) is 93.7 Å². The van der Waals surface area contributed by atoms with E-state index >= 15 is 0 Å². The Morgan fingerprint density at radius 3 is 2.15 bits per heavy atom. The van der Waals surface area contributed by atoms with Crippen LogP contribution in [0.4, 0.5) is 11.4 Å². The highest BCUT2D eigenvalue weighted by atomic mass is 32.2. The zero-order valence-electron chi connectivity index (χ0n) is 18.9. The lowest BCUT2D eigenvalue weighted by molar-refractivity contribution is -0.118. The van der Waals surface area contributed by atoms with Crippen molar-refractivity contribution in [3.63, 3.8) is 0 Å². The molecule has 0 fully saturated rings. The zero-order chi connectivity index (χ0) is 23.8. The van der Waals surface area contributed by atoms with E-state index in [1.54, 1.807) is 24.3 Å². The number of ether oxygens (including phenoxy) is 2. The van der Waals surface area contributed by atoms with Gasteiger partial charge in [-0.2, -0.15) is 0 Å². The largest absolute Gasteiger partial charge is 0.494 e. The first-order valence-electron chi connectivity index (χ1n) is 10.7. The second kappa shape index (κ2) is 10.9. The number of carbonyl (C=O) groups excluding carboxylic acids is 1. The first kappa shape index (κ1) is 24.1. The summed E-state index contributed by atoms with van der Waals surface area (Å²) in [5, 5.41) is 2.71. The summed E-state index contributed by atoms with van der Waals surface area (Å²) in [5.74, 6) is 1.27. The molecule has 174 valence electrons. The zero-order valence-corrected chi connectivity index (χ0v) is 19.7. The summed E-state index contributed by atoms with van der Waals surface area (Å²) in [6.45, 7) is 6.38. The molecule has 7 nitrogen and oxygen atoms in total. The van der Waals surface area contributed by atoms with Gasteiger partial charge < -0.3 is 14.8 Å². The molecule has 0 spiro atoms. The number of amides is 1. The molecule has 3 aromatic carbocycles. The predicted molar refractivity (Wildman–Crippen MR) is 130 cm³/mol. The Bertz CT molecular complexity index is 1170. The molecule has 2 N–H and O–H groups in total. The molecule has 33 heavy (non-hydrogen) atoms. The van der Waals surface area contributed by atoms with Gasteiger partial charge in [0.1, 0.15) is 11.5 Å². The molecule has 0 aliphatic carbocycles. The monoisotopic (exact) mass is 468 g/mol. The number of sulfonamides is 1. The second-order valence-electron chi connectivity index (χ2n) is 7.62. The molecular formula is C25H28N2O5S. The number of rotatable bonds is 10. The van der Waals surface area contributed by atoms with Gasteiger partial charge in [-0.3, -0.25) is 9.52 Å². The average molecular weight is 469 g/mol. The first-order valence-corrected chi connectivity index (χ1v) is 12.1. The van der Waals surface area contributed by atoms with E-state index in [0.29, 0.717) is 29.5 Å². The van der Waals surface area contributed by atoms with Crippen molar-refractivity contribution in [3.8, 4) is 11.5 Å². The van der Waals surface area contributed by atoms with Crippen LogP contribution in [0.1, 0.15) is 32.3 Å². The number of anilines is 2. The Morgan fingerprint density at radius 1 is 0.879 bits per heavy atom. The summed E-state index contributed by atoms with van der Waals surface area (Å²) in [5.41, 5.74) is 1.93. The van der Waals surface area contributed by atoms with Crippen LogP contribution in [0.3, 0.4) is 0 Å². The van der Waals surface area contributed by atoms with Crippen molar-refractivity contribution in [1.82, 2.24) is 0 Å². The lowest BCUT2D eigenvalue weighted by Gasteiger charge is -2.14. The molecule has 0 aliphatic heterocycles. The number of para-hydroxylation sites is 1. The molecule has 0 aliphatic rings. The molecule has 0 bridgehead atoms. The normalized spacial score (nSPS) is 11.2. The van der Waals surface area contributed by atoms with Crippen molar-refractivity contribution in [2.45, 2.75) is 31.6 Å². The Morgan fingerprint density at radius 2 is 1.52 bits per heavy atom. The molecule has 0 aromatic heterocycles.